The Hall–Kier alpha value is -1.36. The van der Waals surface area contributed by atoms with Crippen LogP contribution in [0.1, 0.15) is 18.5 Å². The molecule has 5 heteroatoms. The quantitative estimate of drug-likeness (QED) is 0.846. The van der Waals surface area contributed by atoms with Crippen molar-refractivity contribution in [3.63, 3.8) is 0 Å². The van der Waals surface area contributed by atoms with Crippen LogP contribution in [0.3, 0.4) is 0 Å². The van der Waals surface area contributed by atoms with Crippen LogP contribution in [-0.4, -0.2) is 20.1 Å². The second-order valence-corrected chi connectivity index (χ2v) is 3.39. The first kappa shape index (κ1) is 12.7. The fraction of sp³-hybridized carbons (Fsp3) is 0.455. The van der Waals surface area contributed by atoms with E-state index >= 15 is 0 Å². The van der Waals surface area contributed by atoms with Gasteiger partial charge in [-0.2, -0.15) is 0 Å². The monoisotopic (exact) mass is 231 g/mol. The molecule has 0 amide bonds. The third-order valence-corrected chi connectivity index (χ3v) is 2.08. The maximum atomic E-state index is 12.0. The second kappa shape index (κ2) is 5.65. The number of rotatable bonds is 5. The molecule has 0 aliphatic rings. The fourth-order valence-corrected chi connectivity index (χ4v) is 1.30. The average Bonchev–Trinajstić information content (AvgIpc) is 2.25. The Balaban J connectivity index is 2.91. The zero-order chi connectivity index (χ0) is 12.1. The summed E-state index contributed by atoms with van der Waals surface area (Å²) in [5.74, 6) is 0.892. The summed E-state index contributed by atoms with van der Waals surface area (Å²) >= 11 is 0. The van der Waals surface area contributed by atoms with E-state index in [0.717, 1.165) is 0 Å². The Morgan fingerprint density at radius 2 is 2.06 bits per heavy atom. The van der Waals surface area contributed by atoms with Crippen LogP contribution >= 0.6 is 0 Å². The molecule has 1 aromatic rings. The Morgan fingerprint density at radius 1 is 1.38 bits per heavy atom. The smallest absolute Gasteiger partial charge is 0.272 e. The van der Waals surface area contributed by atoms with Gasteiger partial charge in [-0.1, -0.05) is 6.07 Å². The van der Waals surface area contributed by atoms with Gasteiger partial charge < -0.3 is 15.2 Å². The number of ether oxygens (including phenoxy) is 2. The minimum absolute atomic E-state index is 0.279. The molecule has 0 saturated heterocycles. The summed E-state index contributed by atoms with van der Waals surface area (Å²) < 4.78 is 34.1. The van der Waals surface area contributed by atoms with Crippen LogP contribution in [0.4, 0.5) is 8.78 Å². The highest BCUT2D eigenvalue weighted by Gasteiger charge is 2.11. The predicted octanol–water partition coefficient (Wildman–Crippen LogP) is 2.36. The highest BCUT2D eigenvalue weighted by molar-refractivity contribution is 5.42. The van der Waals surface area contributed by atoms with E-state index in [2.05, 4.69) is 0 Å². The van der Waals surface area contributed by atoms with E-state index < -0.39 is 13.0 Å². The Morgan fingerprint density at radius 3 is 2.56 bits per heavy atom. The summed E-state index contributed by atoms with van der Waals surface area (Å²) in [4.78, 5) is 0. The Labute approximate surface area is 93.2 Å². The highest BCUT2D eigenvalue weighted by Crippen LogP contribution is 2.28. The van der Waals surface area contributed by atoms with Crippen LogP contribution in [0.15, 0.2) is 18.2 Å². The molecule has 0 fully saturated rings. The van der Waals surface area contributed by atoms with Gasteiger partial charge in [-0.05, 0) is 13.0 Å². The van der Waals surface area contributed by atoms with Gasteiger partial charge in [0.1, 0.15) is 18.1 Å². The lowest BCUT2D eigenvalue weighted by Crippen LogP contribution is -2.12. The third-order valence-electron chi connectivity index (χ3n) is 2.08. The van der Waals surface area contributed by atoms with Gasteiger partial charge in [0.2, 0.25) is 0 Å². The van der Waals surface area contributed by atoms with Gasteiger partial charge in [0.05, 0.1) is 7.11 Å². The summed E-state index contributed by atoms with van der Waals surface area (Å²) in [5.41, 5.74) is 6.39. The first-order valence-electron chi connectivity index (χ1n) is 4.89. The van der Waals surface area contributed by atoms with Crippen molar-refractivity contribution in [3.05, 3.63) is 23.8 Å². The van der Waals surface area contributed by atoms with E-state index in [9.17, 15) is 8.78 Å². The number of hydrogen-bond acceptors (Lipinski definition) is 3. The second-order valence-electron chi connectivity index (χ2n) is 3.39. The number of hydrogen-bond donors (Lipinski definition) is 1. The van der Waals surface area contributed by atoms with E-state index in [1.807, 2.05) is 0 Å². The molecule has 0 aliphatic carbocycles. The van der Waals surface area contributed by atoms with Crippen LogP contribution in [-0.2, 0) is 0 Å². The zero-order valence-electron chi connectivity index (χ0n) is 9.24. The van der Waals surface area contributed by atoms with Crippen molar-refractivity contribution >= 4 is 0 Å². The zero-order valence-corrected chi connectivity index (χ0v) is 9.24. The van der Waals surface area contributed by atoms with Crippen molar-refractivity contribution in [2.24, 2.45) is 5.73 Å². The topological polar surface area (TPSA) is 44.5 Å². The summed E-state index contributed by atoms with van der Waals surface area (Å²) in [7, 11) is 1.50. The molecule has 0 spiro atoms. The Kier molecular flexibility index (Phi) is 4.49. The van der Waals surface area contributed by atoms with Crippen molar-refractivity contribution < 1.29 is 18.3 Å². The molecule has 90 valence electrons. The summed E-state index contributed by atoms with van der Waals surface area (Å²) in [6.45, 7) is 1.12. The van der Waals surface area contributed by atoms with Crippen LogP contribution < -0.4 is 15.2 Å². The predicted molar refractivity (Wildman–Crippen MR) is 57.1 cm³/mol. The molecular formula is C11H15F2NO2. The van der Waals surface area contributed by atoms with Gasteiger partial charge in [0.25, 0.3) is 6.43 Å². The van der Waals surface area contributed by atoms with Gasteiger partial charge in [-0.15, -0.1) is 0 Å². The molecule has 2 N–H and O–H groups in total. The van der Waals surface area contributed by atoms with Crippen molar-refractivity contribution in [1.29, 1.82) is 0 Å². The van der Waals surface area contributed by atoms with Crippen LogP contribution in [0.25, 0.3) is 0 Å². The molecule has 0 bridgehead atoms. The van der Waals surface area contributed by atoms with E-state index in [0.29, 0.717) is 17.1 Å². The number of benzene rings is 1. The summed E-state index contributed by atoms with van der Waals surface area (Å²) in [6, 6.07) is 4.71. The van der Waals surface area contributed by atoms with Crippen molar-refractivity contribution in [2.45, 2.75) is 19.4 Å². The number of nitrogens with two attached hydrogens (primary N) is 1. The van der Waals surface area contributed by atoms with Crippen molar-refractivity contribution in [2.75, 3.05) is 13.7 Å². The summed E-state index contributed by atoms with van der Waals surface area (Å²) in [5, 5.41) is 0. The minimum Gasteiger partial charge on any atom is -0.497 e. The number of alkyl halides is 2. The molecule has 16 heavy (non-hydrogen) atoms. The molecule has 0 saturated carbocycles. The van der Waals surface area contributed by atoms with E-state index in [1.54, 1.807) is 25.1 Å². The van der Waals surface area contributed by atoms with Gasteiger partial charge in [-0.3, -0.25) is 0 Å². The molecule has 0 heterocycles. The molecule has 1 atom stereocenters. The highest BCUT2D eigenvalue weighted by atomic mass is 19.3. The largest absolute Gasteiger partial charge is 0.497 e. The standard InChI is InChI=1S/C11H15F2NO2/c1-7(14)9-4-3-8(15-2)5-10(9)16-6-11(12)13/h3-5,7,11H,6,14H2,1-2H3/t7-/m1/s1. The van der Waals surface area contributed by atoms with Gasteiger partial charge in [0, 0.05) is 17.7 Å². The van der Waals surface area contributed by atoms with Crippen LogP contribution in [0.5, 0.6) is 11.5 Å². The first-order chi connectivity index (χ1) is 7.54. The molecule has 0 aromatic heterocycles. The maximum absolute atomic E-state index is 12.0. The van der Waals surface area contributed by atoms with E-state index in [4.69, 9.17) is 15.2 Å². The van der Waals surface area contributed by atoms with E-state index in [1.165, 1.54) is 7.11 Å². The number of halogens is 2. The van der Waals surface area contributed by atoms with Gasteiger partial charge in [-0.25, -0.2) is 8.78 Å². The molecule has 0 unspecified atom stereocenters. The van der Waals surface area contributed by atoms with Crippen molar-refractivity contribution in [3.8, 4) is 11.5 Å². The lowest BCUT2D eigenvalue weighted by atomic mass is 10.1. The molecular weight excluding hydrogens is 216 g/mol. The maximum Gasteiger partial charge on any atom is 0.272 e. The van der Waals surface area contributed by atoms with Crippen LogP contribution in [0, 0.1) is 0 Å². The SMILES string of the molecule is COc1ccc([C@@H](C)N)c(OCC(F)F)c1. The van der Waals surface area contributed by atoms with Gasteiger partial charge >= 0.3 is 0 Å². The normalized spacial score (nSPS) is 12.6. The molecule has 1 aromatic carbocycles. The molecule has 3 nitrogen and oxygen atoms in total. The number of methoxy groups -OCH3 is 1. The molecule has 1 rings (SSSR count). The lowest BCUT2D eigenvalue weighted by molar-refractivity contribution is 0.0811. The van der Waals surface area contributed by atoms with Gasteiger partial charge in [0.15, 0.2) is 0 Å². The molecule has 0 radical (unpaired) electrons. The van der Waals surface area contributed by atoms with E-state index in [-0.39, 0.29) is 6.04 Å². The van der Waals surface area contributed by atoms with Crippen LogP contribution in [0.2, 0.25) is 0 Å². The lowest BCUT2D eigenvalue weighted by Gasteiger charge is -2.14. The minimum atomic E-state index is -2.51. The average molecular weight is 231 g/mol. The first-order valence-corrected chi connectivity index (χ1v) is 4.89. The summed E-state index contributed by atoms with van der Waals surface area (Å²) in [6.07, 6.45) is -2.51. The fourth-order valence-electron chi connectivity index (χ4n) is 1.30. The van der Waals surface area contributed by atoms with Crippen molar-refractivity contribution in [1.82, 2.24) is 0 Å². The molecule has 0 aliphatic heterocycles. The third kappa shape index (κ3) is 3.34. The Bertz CT molecular complexity index is 343.